The average molecular weight is 246 g/mol. The van der Waals surface area contributed by atoms with E-state index in [0.717, 1.165) is 32.6 Å². The van der Waals surface area contributed by atoms with Crippen molar-refractivity contribution >= 4 is 5.91 Å². The molecule has 1 amide bonds. The van der Waals surface area contributed by atoms with Crippen molar-refractivity contribution < 1.29 is 4.79 Å². The Hall–Kier alpha value is -1.35. The molecule has 0 atom stereocenters. The molecule has 1 N–H and O–H groups in total. The molecule has 1 aromatic rings. The first kappa shape index (κ1) is 13.1. The van der Waals surface area contributed by atoms with E-state index < -0.39 is 0 Å². The highest BCUT2D eigenvalue weighted by atomic mass is 16.2. The second-order valence-corrected chi connectivity index (χ2v) is 4.86. The van der Waals surface area contributed by atoms with Crippen LogP contribution in [-0.4, -0.2) is 30.4 Å². The molecule has 1 saturated heterocycles. The van der Waals surface area contributed by atoms with Crippen molar-refractivity contribution in [1.29, 1.82) is 0 Å². The van der Waals surface area contributed by atoms with Gasteiger partial charge in [-0.2, -0.15) is 0 Å². The third kappa shape index (κ3) is 4.15. The van der Waals surface area contributed by atoms with Crippen molar-refractivity contribution in [1.82, 2.24) is 10.2 Å². The van der Waals surface area contributed by atoms with E-state index in [1.165, 1.54) is 18.4 Å². The quantitative estimate of drug-likeness (QED) is 0.867. The van der Waals surface area contributed by atoms with Gasteiger partial charge in [0.15, 0.2) is 0 Å². The van der Waals surface area contributed by atoms with Crippen LogP contribution in [0.2, 0.25) is 0 Å². The lowest BCUT2D eigenvalue weighted by atomic mass is 10.1. The number of nitrogens with zero attached hydrogens (tertiary/aromatic N) is 1. The van der Waals surface area contributed by atoms with Crippen molar-refractivity contribution in [3.05, 3.63) is 35.9 Å². The number of nitrogens with one attached hydrogen (secondary N) is 1. The summed E-state index contributed by atoms with van der Waals surface area (Å²) in [5.74, 6) is 0.272. The molecular formula is C15H22N2O. The van der Waals surface area contributed by atoms with Crippen molar-refractivity contribution in [2.24, 2.45) is 0 Å². The molecule has 0 saturated carbocycles. The second-order valence-electron chi connectivity index (χ2n) is 4.86. The minimum absolute atomic E-state index is 0.272. The summed E-state index contributed by atoms with van der Waals surface area (Å²) in [6, 6.07) is 10.2. The van der Waals surface area contributed by atoms with Gasteiger partial charge in [0.1, 0.15) is 0 Å². The molecular weight excluding hydrogens is 224 g/mol. The van der Waals surface area contributed by atoms with Gasteiger partial charge in [0.25, 0.3) is 0 Å². The summed E-state index contributed by atoms with van der Waals surface area (Å²) in [4.78, 5) is 14.1. The van der Waals surface area contributed by atoms with E-state index in [1.807, 2.05) is 23.1 Å². The lowest BCUT2D eigenvalue weighted by Gasteiger charge is -2.24. The molecule has 0 radical (unpaired) electrons. The zero-order valence-corrected chi connectivity index (χ0v) is 10.9. The maximum absolute atomic E-state index is 12.1. The molecule has 0 aromatic heterocycles. The van der Waals surface area contributed by atoms with E-state index in [-0.39, 0.29) is 5.91 Å². The van der Waals surface area contributed by atoms with Gasteiger partial charge < -0.3 is 10.2 Å². The first-order valence-corrected chi connectivity index (χ1v) is 6.89. The summed E-state index contributed by atoms with van der Waals surface area (Å²) in [5, 5.41) is 3.32. The average Bonchev–Trinajstić information content (AvgIpc) is 2.41. The van der Waals surface area contributed by atoms with E-state index in [0.29, 0.717) is 6.42 Å². The Bertz CT molecular complexity index is 364. The van der Waals surface area contributed by atoms with Gasteiger partial charge in [-0.1, -0.05) is 36.8 Å². The summed E-state index contributed by atoms with van der Waals surface area (Å²) in [6.45, 7) is 3.50. The maximum atomic E-state index is 12.1. The fourth-order valence-electron chi connectivity index (χ4n) is 2.30. The normalized spacial score (nSPS) is 18.7. The van der Waals surface area contributed by atoms with Crippen LogP contribution in [0.25, 0.3) is 0 Å². The Kier molecular flexibility index (Phi) is 5.21. The van der Waals surface area contributed by atoms with Gasteiger partial charge in [-0.25, -0.2) is 0 Å². The van der Waals surface area contributed by atoms with Crippen LogP contribution in [0.15, 0.2) is 30.3 Å². The lowest BCUT2D eigenvalue weighted by Crippen LogP contribution is -2.34. The SMILES string of the molecule is O=C1CCNCCCCCN1Cc1ccccc1. The van der Waals surface area contributed by atoms with Crippen LogP contribution in [0, 0.1) is 0 Å². The molecule has 3 nitrogen and oxygen atoms in total. The Morgan fingerprint density at radius 2 is 1.89 bits per heavy atom. The number of benzene rings is 1. The standard InChI is InChI=1S/C15H22N2O/c18-15-9-11-16-10-5-2-6-12-17(15)13-14-7-3-1-4-8-14/h1,3-4,7-8,16H,2,5-6,9-13H2. The molecule has 2 rings (SSSR count). The molecule has 0 spiro atoms. The van der Waals surface area contributed by atoms with Crippen LogP contribution in [0.5, 0.6) is 0 Å². The summed E-state index contributed by atoms with van der Waals surface area (Å²) >= 11 is 0. The smallest absolute Gasteiger partial charge is 0.224 e. The van der Waals surface area contributed by atoms with Crippen LogP contribution < -0.4 is 5.32 Å². The van der Waals surface area contributed by atoms with E-state index >= 15 is 0 Å². The summed E-state index contributed by atoms with van der Waals surface area (Å²) < 4.78 is 0. The Morgan fingerprint density at radius 1 is 1.06 bits per heavy atom. The number of carbonyl (C=O) groups excluding carboxylic acids is 1. The highest BCUT2D eigenvalue weighted by molar-refractivity contribution is 5.76. The zero-order valence-electron chi connectivity index (χ0n) is 10.9. The monoisotopic (exact) mass is 246 g/mol. The van der Waals surface area contributed by atoms with Gasteiger partial charge in [-0.3, -0.25) is 4.79 Å². The molecule has 1 aromatic carbocycles. The second kappa shape index (κ2) is 7.17. The molecule has 1 heterocycles. The summed E-state index contributed by atoms with van der Waals surface area (Å²) in [6.07, 6.45) is 4.14. The third-order valence-corrected chi connectivity index (χ3v) is 3.37. The fourth-order valence-corrected chi connectivity index (χ4v) is 2.30. The van der Waals surface area contributed by atoms with Crippen molar-refractivity contribution in [3.8, 4) is 0 Å². The summed E-state index contributed by atoms with van der Waals surface area (Å²) in [7, 11) is 0. The fraction of sp³-hybridized carbons (Fsp3) is 0.533. The van der Waals surface area contributed by atoms with Crippen molar-refractivity contribution in [2.75, 3.05) is 19.6 Å². The number of carbonyl (C=O) groups is 1. The van der Waals surface area contributed by atoms with Crippen molar-refractivity contribution in [3.63, 3.8) is 0 Å². The Morgan fingerprint density at radius 3 is 2.72 bits per heavy atom. The topological polar surface area (TPSA) is 32.3 Å². The van der Waals surface area contributed by atoms with Gasteiger partial charge in [-0.15, -0.1) is 0 Å². The largest absolute Gasteiger partial charge is 0.338 e. The molecule has 98 valence electrons. The van der Waals surface area contributed by atoms with E-state index in [4.69, 9.17) is 0 Å². The molecule has 1 aliphatic rings. The minimum atomic E-state index is 0.272. The van der Waals surface area contributed by atoms with Crippen molar-refractivity contribution in [2.45, 2.75) is 32.2 Å². The van der Waals surface area contributed by atoms with Crippen LogP contribution >= 0.6 is 0 Å². The Balaban J connectivity index is 1.95. The number of hydrogen-bond acceptors (Lipinski definition) is 2. The van der Waals surface area contributed by atoms with Crippen LogP contribution in [0.4, 0.5) is 0 Å². The highest BCUT2D eigenvalue weighted by Gasteiger charge is 2.14. The predicted molar refractivity (Wildman–Crippen MR) is 73.2 cm³/mol. The molecule has 1 aliphatic heterocycles. The van der Waals surface area contributed by atoms with Gasteiger partial charge in [-0.05, 0) is 24.9 Å². The Labute approximate surface area is 109 Å². The van der Waals surface area contributed by atoms with E-state index in [1.54, 1.807) is 0 Å². The predicted octanol–water partition coefficient (Wildman–Crippen LogP) is 2.18. The number of amides is 1. The molecule has 3 heteroatoms. The molecule has 18 heavy (non-hydrogen) atoms. The highest BCUT2D eigenvalue weighted by Crippen LogP contribution is 2.09. The summed E-state index contributed by atoms with van der Waals surface area (Å²) in [5.41, 5.74) is 1.22. The number of rotatable bonds is 2. The van der Waals surface area contributed by atoms with Gasteiger partial charge >= 0.3 is 0 Å². The first-order valence-electron chi connectivity index (χ1n) is 6.89. The zero-order chi connectivity index (χ0) is 12.6. The van der Waals surface area contributed by atoms with Gasteiger partial charge in [0.2, 0.25) is 5.91 Å². The molecule has 0 aliphatic carbocycles. The van der Waals surface area contributed by atoms with Gasteiger partial charge in [0.05, 0.1) is 0 Å². The van der Waals surface area contributed by atoms with Crippen LogP contribution in [-0.2, 0) is 11.3 Å². The van der Waals surface area contributed by atoms with E-state index in [2.05, 4.69) is 17.4 Å². The third-order valence-electron chi connectivity index (χ3n) is 3.37. The lowest BCUT2D eigenvalue weighted by molar-refractivity contribution is -0.131. The van der Waals surface area contributed by atoms with E-state index in [9.17, 15) is 4.79 Å². The van der Waals surface area contributed by atoms with Gasteiger partial charge in [0, 0.05) is 26.1 Å². The first-order chi connectivity index (χ1) is 8.86. The van der Waals surface area contributed by atoms with Crippen LogP contribution in [0.3, 0.4) is 0 Å². The number of hydrogen-bond donors (Lipinski definition) is 1. The molecule has 1 fully saturated rings. The molecule has 0 unspecified atom stereocenters. The van der Waals surface area contributed by atoms with Crippen LogP contribution in [0.1, 0.15) is 31.2 Å². The molecule has 0 bridgehead atoms. The maximum Gasteiger partial charge on any atom is 0.224 e. The minimum Gasteiger partial charge on any atom is -0.338 e.